The summed E-state index contributed by atoms with van der Waals surface area (Å²) in [7, 11) is 0. The summed E-state index contributed by atoms with van der Waals surface area (Å²) in [5.74, 6) is 2.83. The van der Waals surface area contributed by atoms with Crippen LogP contribution in [0.3, 0.4) is 0 Å². The Morgan fingerprint density at radius 1 is 1.06 bits per heavy atom. The maximum Gasteiger partial charge on any atom is 0.303 e. The Balaban J connectivity index is 1.65. The Morgan fingerprint density at radius 3 is 2.06 bits per heavy atom. The highest BCUT2D eigenvalue weighted by Gasteiger charge is 2.50. The Labute approximate surface area is 102 Å². The maximum absolute atomic E-state index is 10.6. The zero-order valence-corrected chi connectivity index (χ0v) is 10.2. The van der Waals surface area contributed by atoms with E-state index in [1.165, 1.54) is 32.1 Å². The molecule has 1 unspecified atom stereocenters. The van der Waals surface area contributed by atoms with Crippen LogP contribution in [0.2, 0.25) is 0 Å². The Bertz CT molecular complexity index is 285. The topological polar surface area (TPSA) is 57.5 Å². The van der Waals surface area contributed by atoms with E-state index in [0.717, 1.165) is 11.8 Å². The van der Waals surface area contributed by atoms with E-state index in [0.29, 0.717) is 24.2 Å². The average molecular weight is 238 g/mol. The number of carboxylic acids is 1. The highest BCUT2D eigenvalue weighted by molar-refractivity contribution is 5.66. The van der Waals surface area contributed by atoms with Crippen molar-refractivity contribution in [1.29, 1.82) is 0 Å². The molecule has 4 rings (SSSR count). The van der Waals surface area contributed by atoms with Gasteiger partial charge in [-0.2, -0.15) is 0 Å². The van der Waals surface area contributed by atoms with E-state index in [1.807, 2.05) is 0 Å². The molecular weight excluding hydrogens is 216 g/mol. The minimum Gasteiger partial charge on any atom is -0.481 e. The summed E-state index contributed by atoms with van der Waals surface area (Å²) in [5.41, 5.74) is 0. The molecule has 4 aliphatic carbocycles. The van der Waals surface area contributed by atoms with Crippen molar-refractivity contribution in [2.75, 3.05) is 0 Å². The van der Waals surface area contributed by atoms with Crippen LogP contribution >= 0.6 is 0 Å². The number of carboxylic acid groups (broad SMARTS) is 1. The summed E-state index contributed by atoms with van der Waals surface area (Å²) in [5, 5.41) is 19.0. The van der Waals surface area contributed by atoms with Gasteiger partial charge >= 0.3 is 5.97 Å². The first-order valence-electron chi connectivity index (χ1n) is 7.03. The van der Waals surface area contributed by atoms with Crippen molar-refractivity contribution in [2.45, 2.75) is 51.0 Å². The largest absolute Gasteiger partial charge is 0.481 e. The van der Waals surface area contributed by atoms with Crippen molar-refractivity contribution in [3.05, 3.63) is 0 Å². The minimum absolute atomic E-state index is 0.115. The fraction of sp³-hybridized carbons (Fsp3) is 0.929. The Hall–Kier alpha value is -0.570. The predicted molar refractivity (Wildman–Crippen MR) is 63.4 cm³/mol. The zero-order valence-electron chi connectivity index (χ0n) is 10.2. The van der Waals surface area contributed by atoms with Gasteiger partial charge in [0.15, 0.2) is 0 Å². The van der Waals surface area contributed by atoms with Crippen LogP contribution in [0, 0.1) is 29.6 Å². The van der Waals surface area contributed by atoms with Gasteiger partial charge in [0, 0.05) is 6.42 Å². The van der Waals surface area contributed by atoms with Gasteiger partial charge in [0.2, 0.25) is 0 Å². The van der Waals surface area contributed by atoms with Crippen molar-refractivity contribution >= 4 is 5.97 Å². The van der Waals surface area contributed by atoms with Crippen molar-refractivity contribution in [2.24, 2.45) is 29.6 Å². The Morgan fingerprint density at radius 2 is 1.59 bits per heavy atom. The van der Waals surface area contributed by atoms with Gasteiger partial charge in [-0.1, -0.05) is 0 Å². The quantitative estimate of drug-likeness (QED) is 0.790. The van der Waals surface area contributed by atoms with Crippen LogP contribution in [-0.4, -0.2) is 22.3 Å². The molecule has 0 amide bonds. The van der Waals surface area contributed by atoms with Gasteiger partial charge in [-0.05, 0) is 68.1 Å². The van der Waals surface area contributed by atoms with E-state index in [4.69, 9.17) is 5.11 Å². The molecule has 0 radical (unpaired) electrons. The number of aliphatic hydroxyl groups is 1. The van der Waals surface area contributed by atoms with Crippen LogP contribution in [0.25, 0.3) is 0 Å². The Kier molecular flexibility index (Phi) is 2.89. The normalized spacial score (nSPS) is 44.9. The van der Waals surface area contributed by atoms with Crippen LogP contribution in [-0.2, 0) is 4.79 Å². The molecule has 4 aliphatic rings. The van der Waals surface area contributed by atoms with Gasteiger partial charge in [0.05, 0.1) is 6.10 Å². The van der Waals surface area contributed by atoms with Gasteiger partial charge in [-0.3, -0.25) is 4.79 Å². The molecule has 3 heteroatoms. The molecule has 0 heterocycles. The average Bonchev–Trinajstić information content (AvgIpc) is 2.24. The summed E-state index contributed by atoms with van der Waals surface area (Å²) in [6.07, 6.45) is 6.78. The lowest BCUT2D eigenvalue weighted by atomic mass is 9.50. The summed E-state index contributed by atoms with van der Waals surface area (Å²) in [6, 6.07) is 0. The smallest absolute Gasteiger partial charge is 0.303 e. The first-order chi connectivity index (χ1) is 8.13. The monoisotopic (exact) mass is 238 g/mol. The molecular formula is C14H22O3. The van der Waals surface area contributed by atoms with Crippen molar-refractivity contribution in [1.82, 2.24) is 0 Å². The molecule has 2 N–H and O–H groups in total. The van der Waals surface area contributed by atoms with Gasteiger partial charge in [-0.15, -0.1) is 0 Å². The van der Waals surface area contributed by atoms with Gasteiger partial charge in [0.25, 0.3) is 0 Å². The second-order valence-corrected chi connectivity index (χ2v) is 6.51. The van der Waals surface area contributed by atoms with Gasteiger partial charge in [-0.25, -0.2) is 0 Å². The van der Waals surface area contributed by atoms with Crippen molar-refractivity contribution in [3.8, 4) is 0 Å². The van der Waals surface area contributed by atoms with Crippen LogP contribution in [0.5, 0.6) is 0 Å². The molecule has 96 valence electrons. The number of hydrogen-bond donors (Lipinski definition) is 2. The minimum atomic E-state index is -0.784. The van der Waals surface area contributed by atoms with Crippen LogP contribution < -0.4 is 0 Å². The lowest BCUT2D eigenvalue weighted by molar-refractivity contribution is -0.139. The predicted octanol–water partition coefficient (Wildman–Crippen LogP) is 2.28. The molecule has 0 aromatic carbocycles. The molecule has 0 aromatic rings. The first kappa shape index (κ1) is 11.5. The molecule has 4 bridgehead atoms. The SMILES string of the molecule is O=C(O)CCC(O)C1C2CC3CC(C2)CC1C3. The van der Waals surface area contributed by atoms with E-state index in [2.05, 4.69) is 0 Å². The third-order valence-electron chi connectivity index (χ3n) is 5.40. The second kappa shape index (κ2) is 4.27. The summed E-state index contributed by atoms with van der Waals surface area (Å²) < 4.78 is 0. The molecule has 4 fully saturated rings. The van der Waals surface area contributed by atoms with Gasteiger partial charge in [0.1, 0.15) is 0 Å². The number of rotatable bonds is 4. The summed E-state index contributed by atoms with van der Waals surface area (Å²) in [4.78, 5) is 10.6. The van der Waals surface area contributed by atoms with Crippen molar-refractivity contribution < 1.29 is 15.0 Å². The molecule has 0 aliphatic heterocycles. The van der Waals surface area contributed by atoms with E-state index in [-0.39, 0.29) is 12.5 Å². The lowest BCUT2D eigenvalue weighted by Crippen LogP contribution is -2.49. The zero-order chi connectivity index (χ0) is 12.0. The third-order valence-corrected chi connectivity index (χ3v) is 5.40. The standard InChI is InChI=1S/C14H22O3/c15-12(1-2-13(16)17)14-10-4-8-3-9(6-10)7-11(14)5-8/h8-12,14-15H,1-7H2,(H,16,17). The third kappa shape index (κ3) is 2.10. The number of carbonyl (C=O) groups is 1. The molecule has 0 saturated heterocycles. The van der Waals surface area contributed by atoms with Crippen LogP contribution in [0.1, 0.15) is 44.9 Å². The van der Waals surface area contributed by atoms with E-state index < -0.39 is 5.97 Å². The van der Waals surface area contributed by atoms with Gasteiger partial charge < -0.3 is 10.2 Å². The first-order valence-corrected chi connectivity index (χ1v) is 7.03. The molecule has 0 spiro atoms. The van der Waals surface area contributed by atoms with Crippen LogP contribution in [0.4, 0.5) is 0 Å². The number of aliphatic carboxylic acids is 1. The number of aliphatic hydroxyl groups excluding tert-OH is 1. The second-order valence-electron chi connectivity index (χ2n) is 6.51. The molecule has 3 nitrogen and oxygen atoms in total. The lowest BCUT2D eigenvalue weighted by Gasteiger charge is -2.55. The van der Waals surface area contributed by atoms with Crippen molar-refractivity contribution in [3.63, 3.8) is 0 Å². The molecule has 1 atom stereocenters. The van der Waals surface area contributed by atoms with E-state index in [1.54, 1.807) is 0 Å². The number of hydrogen-bond acceptors (Lipinski definition) is 2. The molecule has 0 aromatic heterocycles. The maximum atomic E-state index is 10.6. The van der Waals surface area contributed by atoms with Crippen LogP contribution in [0.15, 0.2) is 0 Å². The fourth-order valence-corrected chi connectivity index (χ4v) is 5.06. The fourth-order valence-electron chi connectivity index (χ4n) is 5.06. The molecule has 4 saturated carbocycles. The highest BCUT2D eigenvalue weighted by Crippen LogP contribution is 2.57. The van der Waals surface area contributed by atoms with E-state index in [9.17, 15) is 9.90 Å². The molecule has 17 heavy (non-hydrogen) atoms. The van der Waals surface area contributed by atoms with E-state index >= 15 is 0 Å². The highest BCUT2D eigenvalue weighted by atomic mass is 16.4. The summed E-state index contributed by atoms with van der Waals surface area (Å²) >= 11 is 0. The summed E-state index contributed by atoms with van der Waals surface area (Å²) in [6.45, 7) is 0.